The average Bonchev–Trinajstić information content (AvgIpc) is 2.92. The van der Waals surface area contributed by atoms with Gasteiger partial charge in [0.25, 0.3) is 0 Å². The smallest absolute Gasteiger partial charge is 0.240 e. The molecule has 0 aliphatic heterocycles. The summed E-state index contributed by atoms with van der Waals surface area (Å²) < 4.78 is 11.2. The zero-order chi connectivity index (χ0) is 17.3. The highest BCUT2D eigenvalue weighted by Crippen LogP contribution is 2.33. The number of nitrogens with two attached hydrogens (primary N) is 1. The minimum atomic E-state index is -0.740. The third-order valence-corrected chi connectivity index (χ3v) is 5.12. The van der Waals surface area contributed by atoms with Crippen LogP contribution in [0.4, 0.5) is 0 Å². The zero-order valence-corrected chi connectivity index (χ0v) is 14.6. The Morgan fingerprint density at radius 3 is 2.71 bits per heavy atom. The lowest BCUT2D eigenvalue weighted by Crippen LogP contribution is -2.55. The van der Waals surface area contributed by atoms with Crippen LogP contribution in [0.2, 0.25) is 0 Å². The van der Waals surface area contributed by atoms with E-state index < -0.39 is 5.54 Å². The van der Waals surface area contributed by atoms with Crippen LogP contribution in [0.25, 0.3) is 11.0 Å². The SMILES string of the molecule is COc1ccc2oc(C(C)NC(=O)C3(N)CCCCC3)c(C)c2c1. The number of carbonyl (C=O) groups excluding carboxylic acids is 1. The van der Waals surface area contributed by atoms with Crippen molar-refractivity contribution in [3.63, 3.8) is 0 Å². The molecule has 1 aromatic carbocycles. The van der Waals surface area contributed by atoms with Gasteiger partial charge in [-0.1, -0.05) is 19.3 Å². The number of ether oxygens (including phenoxy) is 1. The largest absolute Gasteiger partial charge is 0.497 e. The van der Waals surface area contributed by atoms with Crippen molar-refractivity contribution in [1.82, 2.24) is 5.32 Å². The first-order valence-electron chi connectivity index (χ1n) is 8.61. The molecule has 2 aromatic rings. The summed E-state index contributed by atoms with van der Waals surface area (Å²) in [5.74, 6) is 1.48. The number of hydrogen-bond donors (Lipinski definition) is 2. The van der Waals surface area contributed by atoms with E-state index in [1.807, 2.05) is 32.0 Å². The fraction of sp³-hybridized carbons (Fsp3) is 0.526. The Kier molecular flexibility index (Phi) is 4.54. The van der Waals surface area contributed by atoms with Gasteiger partial charge in [-0.3, -0.25) is 4.79 Å². The summed E-state index contributed by atoms with van der Waals surface area (Å²) in [6.45, 7) is 3.94. The van der Waals surface area contributed by atoms with Crippen molar-refractivity contribution in [2.45, 2.75) is 57.5 Å². The Hall–Kier alpha value is -2.01. The Morgan fingerprint density at radius 1 is 1.33 bits per heavy atom. The fourth-order valence-electron chi connectivity index (χ4n) is 3.57. The van der Waals surface area contributed by atoms with Crippen molar-refractivity contribution in [2.24, 2.45) is 5.73 Å². The van der Waals surface area contributed by atoms with Gasteiger partial charge >= 0.3 is 0 Å². The van der Waals surface area contributed by atoms with Gasteiger partial charge in [0.1, 0.15) is 17.1 Å². The van der Waals surface area contributed by atoms with Crippen molar-refractivity contribution < 1.29 is 13.9 Å². The molecule has 1 aliphatic carbocycles. The zero-order valence-electron chi connectivity index (χ0n) is 14.6. The summed E-state index contributed by atoms with van der Waals surface area (Å²) in [6.07, 6.45) is 4.69. The van der Waals surface area contributed by atoms with Crippen molar-refractivity contribution in [3.8, 4) is 5.75 Å². The molecule has 1 aromatic heterocycles. The molecule has 1 atom stereocenters. The molecule has 5 heteroatoms. The molecule has 0 spiro atoms. The molecule has 0 radical (unpaired) electrons. The molecule has 1 fully saturated rings. The Labute approximate surface area is 142 Å². The van der Waals surface area contributed by atoms with Gasteiger partial charge < -0.3 is 20.2 Å². The second-order valence-corrected chi connectivity index (χ2v) is 6.87. The van der Waals surface area contributed by atoms with E-state index >= 15 is 0 Å². The Balaban J connectivity index is 1.82. The maximum atomic E-state index is 12.6. The lowest BCUT2D eigenvalue weighted by Gasteiger charge is -2.32. The average molecular weight is 330 g/mol. The molecule has 1 unspecified atom stereocenters. The summed E-state index contributed by atoms with van der Waals surface area (Å²) in [7, 11) is 1.64. The van der Waals surface area contributed by atoms with Gasteiger partial charge in [-0.15, -0.1) is 0 Å². The minimum absolute atomic E-state index is 0.0767. The van der Waals surface area contributed by atoms with E-state index in [4.69, 9.17) is 14.9 Å². The molecule has 24 heavy (non-hydrogen) atoms. The van der Waals surface area contributed by atoms with Crippen LogP contribution >= 0.6 is 0 Å². The number of aryl methyl sites for hydroxylation is 1. The number of carbonyl (C=O) groups is 1. The summed E-state index contributed by atoms with van der Waals surface area (Å²) in [6, 6.07) is 5.50. The van der Waals surface area contributed by atoms with Crippen LogP contribution in [0.1, 0.15) is 56.4 Å². The Bertz CT molecular complexity index is 744. The van der Waals surface area contributed by atoms with E-state index in [-0.39, 0.29) is 11.9 Å². The highest BCUT2D eigenvalue weighted by molar-refractivity contribution is 5.87. The summed E-state index contributed by atoms with van der Waals surface area (Å²) in [5, 5.41) is 4.05. The van der Waals surface area contributed by atoms with E-state index in [9.17, 15) is 4.79 Å². The predicted molar refractivity (Wildman–Crippen MR) is 94.1 cm³/mol. The maximum Gasteiger partial charge on any atom is 0.240 e. The van der Waals surface area contributed by atoms with E-state index in [2.05, 4.69) is 5.32 Å². The maximum absolute atomic E-state index is 12.6. The van der Waals surface area contributed by atoms with E-state index in [1.54, 1.807) is 7.11 Å². The lowest BCUT2D eigenvalue weighted by atomic mass is 9.81. The van der Waals surface area contributed by atoms with Gasteiger partial charge in [-0.25, -0.2) is 0 Å². The molecule has 1 heterocycles. The first kappa shape index (κ1) is 16.8. The number of nitrogens with one attached hydrogen (secondary N) is 1. The van der Waals surface area contributed by atoms with Crippen LogP contribution in [0.15, 0.2) is 22.6 Å². The van der Waals surface area contributed by atoms with Crippen LogP contribution < -0.4 is 15.8 Å². The number of rotatable bonds is 4. The third kappa shape index (κ3) is 3.00. The number of methoxy groups -OCH3 is 1. The molecule has 0 saturated heterocycles. The van der Waals surface area contributed by atoms with Gasteiger partial charge in [0.15, 0.2) is 0 Å². The van der Waals surface area contributed by atoms with Crippen molar-refractivity contribution in [2.75, 3.05) is 7.11 Å². The number of amides is 1. The highest BCUT2D eigenvalue weighted by atomic mass is 16.5. The second-order valence-electron chi connectivity index (χ2n) is 6.87. The number of benzene rings is 1. The van der Waals surface area contributed by atoms with Gasteiger partial charge in [-0.05, 0) is 44.9 Å². The van der Waals surface area contributed by atoms with E-state index in [0.717, 1.165) is 60.1 Å². The van der Waals surface area contributed by atoms with Crippen molar-refractivity contribution >= 4 is 16.9 Å². The van der Waals surface area contributed by atoms with Crippen LogP contribution in [-0.4, -0.2) is 18.6 Å². The van der Waals surface area contributed by atoms with Crippen molar-refractivity contribution in [3.05, 3.63) is 29.5 Å². The van der Waals surface area contributed by atoms with Gasteiger partial charge in [0, 0.05) is 10.9 Å². The summed E-state index contributed by atoms with van der Waals surface area (Å²) in [5.41, 5.74) is 7.40. The van der Waals surface area contributed by atoms with E-state index in [0.29, 0.717) is 0 Å². The third-order valence-electron chi connectivity index (χ3n) is 5.12. The number of hydrogen-bond acceptors (Lipinski definition) is 4. The van der Waals surface area contributed by atoms with Crippen LogP contribution in [0, 0.1) is 6.92 Å². The first-order chi connectivity index (χ1) is 11.4. The topological polar surface area (TPSA) is 77.5 Å². The molecule has 130 valence electrons. The summed E-state index contributed by atoms with van der Waals surface area (Å²) in [4.78, 5) is 12.6. The fourth-order valence-corrected chi connectivity index (χ4v) is 3.57. The molecule has 3 rings (SSSR count). The van der Waals surface area contributed by atoms with Crippen LogP contribution in [0.5, 0.6) is 5.75 Å². The van der Waals surface area contributed by atoms with Crippen LogP contribution in [0.3, 0.4) is 0 Å². The highest BCUT2D eigenvalue weighted by Gasteiger charge is 2.36. The van der Waals surface area contributed by atoms with E-state index in [1.165, 1.54) is 0 Å². The molecule has 5 nitrogen and oxygen atoms in total. The molecule has 0 bridgehead atoms. The van der Waals surface area contributed by atoms with Crippen LogP contribution in [-0.2, 0) is 4.79 Å². The first-order valence-corrected chi connectivity index (χ1v) is 8.61. The quantitative estimate of drug-likeness (QED) is 0.898. The molecular formula is C19H26N2O3. The van der Waals surface area contributed by atoms with Gasteiger partial charge in [0.05, 0.1) is 18.7 Å². The predicted octanol–water partition coefficient (Wildman–Crippen LogP) is 3.59. The van der Waals surface area contributed by atoms with Gasteiger partial charge in [0.2, 0.25) is 5.91 Å². The molecular weight excluding hydrogens is 304 g/mol. The van der Waals surface area contributed by atoms with Crippen molar-refractivity contribution in [1.29, 1.82) is 0 Å². The Morgan fingerprint density at radius 2 is 2.04 bits per heavy atom. The number of furan rings is 1. The standard InChI is InChI=1S/C19H26N2O3/c1-12-15-11-14(23-3)7-8-16(15)24-17(12)13(2)21-18(22)19(20)9-5-4-6-10-19/h7-8,11,13H,4-6,9-10,20H2,1-3H3,(H,21,22). The summed E-state index contributed by atoms with van der Waals surface area (Å²) >= 11 is 0. The minimum Gasteiger partial charge on any atom is -0.497 e. The number of fused-ring (bicyclic) bond motifs is 1. The monoisotopic (exact) mass is 330 g/mol. The van der Waals surface area contributed by atoms with Gasteiger partial charge in [-0.2, -0.15) is 0 Å². The molecule has 1 aliphatic rings. The molecule has 1 saturated carbocycles. The second kappa shape index (κ2) is 6.48. The molecule has 1 amide bonds. The lowest BCUT2D eigenvalue weighted by molar-refractivity contribution is -0.128. The molecule has 3 N–H and O–H groups in total. The normalized spacial score (nSPS) is 18.3.